The van der Waals surface area contributed by atoms with Gasteiger partial charge in [-0.1, -0.05) is 24.3 Å². The van der Waals surface area contributed by atoms with E-state index in [1.165, 1.54) is 29.2 Å². The molecule has 0 fully saturated rings. The van der Waals surface area contributed by atoms with E-state index in [1.54, 1.807) is 12.1 Å². The minimum Gasteiger partial charge on any atom is -0.368 e. The molecule has 1 unspecified atom stereocenters. The number of benzene rings is 2. The van der Waals surface area contributed by atoms with Gasteiger partial charge in [0.05, 0.1) is 4.92 Å². The highest BCUT2D eigenvalue weighted by Crippen LogP contribution is 2.33. The normalized spacial score (nSPS) is 16.0. The van der Waals surface area contributed by atoms with Crippen LogP contribution in [0.1, 0.15) is 15.9 Å². The summed E-state index contributed by atoms with van der Waals surface area (Å²) < 4.78 is 0. The average molecular weight is 311 g/mol. The van der Waals surface area contributed by atoms with Crippen LogP contribution in [0.15, 0.2) is 48.5 Å². The lowest BCUT2D eigenvalue weighted by atomic mass is 10.1. The van der Waals surface area contributed by atoms with Crippen LogP contribution in [0.5, 0.6) is 0 Å². The van der Waals surface area contributed by atoms with Crippen molar-refractivity contribution in [2.45, 2.75) is 12.5 Å². The molecule has 2 amide bonds. The standard InChI is InChI=1S/C16H13N3O4/c17-15(20)14-9-10-4-1-2-7-13(10)18(14)16(21)11-5-3-6-12(8-11)19(22)23/h1-8,14H,9H2,(H2,17,20). The Bertz CT molecular complexity index is 818. The second kappa shape index (κ2) is 5.53. The summed E-state index contributed by atoms with van der Waals surface area (Å²) in [5.74, 6) is -1.09. The zero-order valence-electron chi connectivity index (χ0n) is 12.0. The highest BCUT2D eigenvalue weighted by molar-refractivity contribution is 6.11. The maximum absolute atomic E-state index is 12.8. The van der Waals surface area contributed by atoms with Crippen molar-refractivity contribution in [1.29, 1.82) is 0 Å². The van der Waals surface area contributed by atoms with Crippen molar-refractivity contribution in [2.75, 3.05) is 4.90 Å². The minimum atomic E-state index is -0.792. The van der Waals surface area contributed by atoms with Gasteiger partial charge < -0.3 is 5.73 Å². The molecule has 0 bridgehead atoms. The van der Waals surface area contributed by atoms with E-state index >= 15 is 0 Å². The van der Waals surface area contributed by atoms with Crippen LogP contribution in [-0.4, -0.2) is 22.8 Å². The van der Waals surface area contributed by atoms with Crippen LogP contribution >= 0.6 is 0 Å². The van der Waals surface area contributed by atoms with Crippen LogP contribution in [-0.2, 0) is 11.2 Å². The molecule has 0 saturated carbocycles. The third-order valence-corrected chi connectivity index (χ3v) is 3.83. The number of anilines is 1. The Labute approximate surface area is 131 Å². The summed E-state index contributed by atoms with van der Waals surface area (Å²) in [6.07, 6.45) is 0.339. The number of carbonyl (C=O) groups is 2. The summed E-state index contributed by atoms with van der Waals surface area (Å²) in [4.78, 5) is 36.1. The number of non-ortho nitro benzene ring substituents is 1. The van der Waals surface area contributed by atoms with Crippen molar-refractivity contribution >= 4 is 23.2 Å². The quantitative estimate of drug-likeness (QED) is 0.687. The van der Waals surface area contributed by atoms with E-state index in [1.807, 2.05) is 12.1 Å². The van der Waals surface area contributed by atoms with Gasteiger partial charge in [0.2, 0.25) is 5.91 Å². The van der Waals surface area contributed by atoms with Crippen molar-refractivity contribution in [1.82, 2.24) is 0 Å². The van der Waals surface area contributed by atoms with Crippen LogP contribution in [0.25, 0.3) is 0 Å². The van der Waals surface area contributed by atoms with Gasteiger partial charge in [-0.2, -0.15) is 0 Å². The number of nitro benzene ring substituents is 1. The summed E-state index contributed by atoms with van der Waals surface area (Å²) in [6.45, 7) is 0. The molecule has 0 aliphatic carbocycles. The molecule has 7 heteroatoms. The molecule has 2 aromatic carbocycles. The average Bonchev–Trinajstić information content (AvgIpc) is 2.94. The number of hydrogen-bond donors (Lipinski definition) is 1. The lowest BCUT2D eigenvalue weighted by Crippen LogP contribution is -2.46. The maximum Gasteiger partial charge on any atom is 0.270 e. The molecule has 2 aromatic rings. The van der Waals surface area contributed by atoms with Crippen molar-refractivity contribution in [3.8, 4) is 0 Å². The summed E-state index contributed by atoms with van der Waals surface area (Å²) in [5, 5.41) is 10.9. The Morgan fingerprint density at radius 1 is 1.17 bits per heavy atom. The number of fused-ring (bicyclic) bond motifs is 1. The van der Waals surface area contributed by atoms with Crippen molar-refractivity contribution in [3.63, 3.8) is 0 Å². The summed E-state index contributed by atoms with van der Waals surface area (Å²) in [7, 11) is 0. The van der Waals surface area contributed by atoms with Gasteiger partial charge in [-0.05, 0) is 17.7 Å². The first-order chi connectivity index (χ1) is 11.0. The van der Waals surface area contributed by atoms with Gasteiger partial charge >= 0.3 is 0 Å². The number of amides is 2. The topological polar surface area (TPSA) is 107 Å². The number of hydrogen-bond acceptors (Lipinski definition) is 4. The molecule has 0 aromatic heterocycles. The Kier molecular flexibility index (Phi) is 3.53. The predicted molar refractivity (Wildman–Crippen MR) is 83.0 cm³/mol. The Morgan fingerprint density at radius 3 is 2.61 bits per heavy atom. The number of carbonyl (C=O) groups excluding carboxylic acids is 2. The molecule has 0 radical (unpaired) electrons. The second-order valence-corrected chi connectivity index (χ2v) is 5.23. The molecular formula is C16H13N3O4. The first-order valence-corrected chi connectivity index (χ1v) is 6.94. The van der Waals surface area contributed by atoms with Gasteiger partial charge in [0.1, 0.15) is 6.04 Å². The Hall–Kier alpha value is -3.22. The zero-order chi connectivity index (χ0) is 16.6. The molecule has 2 N–H and O–H groups in total. The van der Waals surface area contributed by atoms with Crippen LogP contribution in [0.4, 0.5) is 11.4 Å². The van der Waals surface area contributed by atoms with Crippen LogP contribution in [0, 0.1) is 10.1 Å². The predicted octanol–water partition coefficient (Wildman–Crippen LogP) is 1.65. The SMILES string of the molecule is NC(=O)C1Cc2ccccc2N1C(=O)c1cccc([N+](=O)[O-])c1. The van der Waals surface area contributed by atoms with E-state index in [0.717, 1.165) is 5.56 Å². The van der Waals surface area contributed by atoms with E-state index in [9.17, 15) is 19.7 Å². The molecule has 1 heterocycles. The molecular weight excluding hydrogens is 298 g/mol. The lowest BCUT2D eigenvalue weighted by Gasteiger charge is -2.23. The van der Waals surface area contributed by atoms with Gasteiger partial charge in [-0.3, -0.25) is 24.6 Å². The number of rotatable bonds is 3. The van der Waals surface area contributed by atoms with Crippen LogP contribution in [0.3, 0.4) is 0 Å². The monoisotopic (exact) mass is 311 g/mol. The molecule has 116 valence electrons. The fourth-order valence-corrected chi connectivity index (χ4v) is 2.76. The first kappa shape index (κ1) is 14.7. The summed E-state index contributed by atoms with van der Waals surface area (Å²) >= 11 is 0. The van der Waals surface area contributed by atoms with Crippen molar-refractivity contribution < 1.29 is 14.5 Å². The largest absolute Gasteiger partial charge is 0.368 e. The Morgan fingerprint density at radius 2 is 1.91 bits per heavy atom. The number of nitrogens with two attached hydrogens (primary N) is 1. The number of primary amides is 1. The van der Waals surface area contributed by atoms with E-state index in [2.05, 4.69) is 0 Å². The highest BCUT2D eigenvalue weighted by atomic mass is 16.6. The number of nitro groups is 1. The highest BCUT2D eigenvalue weighted by Gasteiger charge is 2.37. The number of para-hydroxylation sites is 1. The Balaban J connectivity index is 2.04. The molecule has 23 heavy (non-hydrogen) atoms. The van der Waals surface area contributed by atoms with Gasteiger partial charge in [0, 0.05) is 29.8 Å². The lowest BCUT2D eigenvalue weighted by molar-refractivity contribution is -0.384. The van der Waals surface area contributed by atoms with E-state index in [4.69, 9.17) is 5.73 Å². The zero-order valence-corrected chi connectivity index (χ0v) is 12.0. The van der Waals surface area contributed by atoms with Crippen molar-refractivity contribution in [3.05, 3.63) is 69.8 Å². The van der Waals surface area contributed by atoms with Crippen LogP contribution in [0.2, 0.25) is 0 Å². The molecule has 1 aliphatic heterocycles. The third-order valence-electron chi connectivity index (χ3n) is 3.83. The summed E-state index contributed by atoms with van der Waals surface area (Å²) in [5.41, 5.74) is 6.83. The molecule has 0 saturated heterocycles. The molecule has 7 nitrogen and oxygen atoms in total. The fourth-order valence-electron chi connectivity index (χ4n) is 2.76. The molecule has 1 atom stereocenters. The van der Waals surface area contributed by atoms with E-state index < -0.39 is 22.8 Å². The van der Waals surface area contributed by atoms with E-state index in [-0.39, 0.29) is 11.3 Å². The smallest absolute Gasteiger partial charge is 0.270 e. The second-order valence-electron chi connectivity index (χ2n) is 5.23. The van der Waals surface area contributed by atoms with Gasteiger partial charge in [0.25, 0.3) is 11.6 Å². The minimum absolute atomic E-state index is 0.141. The van der Waals surface area contributed by atoms with Crippen LogP contribution < -0.4 is 10.6 Å². The molecule has 3 rings (SSSR count). The van der Waals surface area contributed by atoms with E-state index in [0.29, 0.717) is 12.1 Å². The summed E-state index contributed by atoms with van der Waals surface area (Å²) in [6, 6.07) is 11.8. The van der Waals surface area contributed by atoms with Gasteiger partial charge in [-0.15, -0.1) is 0 Å². The molecule has 0 spiro atoms. The van der Waals surface area contributed by atoms with Crippen molar-refractivity contribution in [2.24, 2.45) is 5.73 Å². The third kappa shape index (κ3) is 2.52. The fraction of sp³-hybridized carbons (Fsp3) is 0.125. The first-order valence-electron chi connectivity index (χ1n) is 6.94. The van der Waals surface area contributed by atoms with Gasteiger partial charge in [0.15, 0.2) is 0 Å². The maximum atomic E-state index is 12.8. The molecule has 1 aliphatic rings. The number of nitrogens with zero attached hydrogens (tertiary/aromatic N) is 2. The van der Waals surface area contributed by atoms with Gasteiger partial charge in [-0.25, -0.2) is 0 Å².